The van der Waals surface area contributed by atoms with E-state index < -0.39 is 6.04 Å². The minimum atomic E-state index is -0.530. The molecule has 1 rings (SSSR count). The number of rotatable bonds is 3. The monoisotopic (exact) mass is 227 g/mol. The number of nitrogens with zero attached hydrogens (tertiary/aromatic N) is 2. The van der Waals surface area contributed by atoms with Crippen molar-refractivity contribution < 1.29 is 13.9 Å². The molecule has 0 bridgehead atoms. The molecule has 0 unspecified atom stereocenters. The number of esters is 1. The average molecular weight is 227 g/mol. The van der Waals surface area contributed by atoms with E-state index in [1.54, 1.807) is 6.92 Å². The fourth-order valence-electron chi connectivity index (χ4n) is 1.23. The van der Waals surface area contributed by atoms with E-state index >= 15 is 0 Å². The molecule has 0 aromatic carbocycles. The maximum absolute atomic E-state index is 11.6. The van der Waals surface area contributed by atoms with Gasteiger partial charge in [-0.25, -0.2) is 4.79 Å². The van der Waals surface area contributed by atoms with Gasteiger partial charge in [-0.3, -0.25) is 0 Å². The lowest BCUT2D eigenvalue weighted by molar-refractivity contribution is -0.143. The van der Waals surface area contributed by atoms with Crippen LogP contribution in [0.4, 0.5) is 6.01 Å². The SMILES string of the molecule is COC(=O)[C@@H](Nc1nnc(C)o1)C(C)(C)C. The molecule has 1 aromatic rings. The predicted octanol–water partition coefficient (Wildman–Crippen LogP) is 1.38. The van der Waals surface area contributed by atoms with Crippen molar-refractivity contribution in [2.75, 3.05) is 12.4 Å². The molecule has 0 fully saturated rings. The summed E-state index contributed by atoms with van der Waals surface area (Å²) in [4.78, 5) is 11.6. The first-order valence-electron chi connectivity index (χ1n) is 4.99. The molecule has 1 aromatic heterocycles. The number of hydrogen-bond donors (Lipinski definition) is 1. The largest absolute Gasteiger partial charge is 0.467 e. The van der Waals surface area contributed by atoms with E-state index in [-0.39, 0.29) is 17.4 Å². The van der Waals surface area contributed by atoms with Gasteiger partial charge >= 0.3 is 12.0 Å². The molecule has 16 heavy (non-hydrogen) atoms. The highest BCUT2D eigenvalue weighted by molar-refractivity contribution is 5.79. The second-order valence-corrected chi connectivity index (χ2v) is 4.59. The van der Waals surface area contributed by atoms with Crippen LogP contribution in [0.15, 0.2) is 4.42 Å². The van der Waals surface area contributed by atoms with Gasteiger partial charge in [0.15, 0.2) is 0 Å². The van der Waals surface area contributed by atoms with E-state index in [0.717, 1.165) is 0 Å². The summed E-state index contributed by atoms with van der Waals surface area (Å²) in [5.74, 6) is 0.0865. The third kappa shape index (κ3) is 2.95. The Balaban J connectivity index is 2.83. The minimum absolute atomic E-state index is 0.225. The summed E-state index contributed by atoms with van der Waals surface area (Å²) in [7, 11) is 1.35. The predicted molar refractivity (Wildman–Crippen MR) is 57.9 cm³/mol. The number of anilines is 1. The molecule has 0 amide bonds. The highest BCUT2D eigenvalue weighted by atomic mass is 16.5. The van der Waals surface area contributed by atoms with E-state index in [0.29, 0.717) is 5.89 Å². The summed E-state index contributed by atoms with van der Waals surface area (Å²) < 4.78 is 9.89. The van der Waals surface area contributed by atoms with Crippen LogP contribution in [0.1, 0.15) is 26.7 Å². The molecular formula is C10H17N3O3. The number of aryl methyl sites for hydroxylation is 1. The minimum Gasteiger partial charge on any atom is -0.467 e. The Morgan fingerprint density at radius 1 is 1.44 bits per heavy atom. The van der Waals surface area contributed by atoms with Gasteiger partial charge in [0, 0.05) is 6.92 Å². The summed E-state index contributed by atoms with van der Waals surface area (Å²) in [5, 5.41) is 10.3. The number of aromatic nitrogens is 2. The molecule has 1 heterocycles. The number of nitrogens with one attached hydrogen (secondary N) is 1. The van der Waals surface area contributed by atoms with Gasteiger partial charge in [-0.15, -0.1) is 5.10 Å². The summed E-state index contributed by atoms with van der Waals surface area (Å²) in [5.41, 5.74) is -0.310. The maximum atomic E-state index is 11.6. The lowest BCUT2D eigenvalue weighted by atomic mass is 9.87. The van der Waals surface area contributed by atoms with E-state index in [1.165, 1.54) is 7.11 Å². The van der Waals surface area contributed by atoms with Crippen LogP contribution in [0, 0.1) is 12.3 Å². The van der Waals surface area contributed by atoms with Gasteiger partial charge in [-0.1, -0.05) is 25.9 Å². The van der Waals surface area contributed by atoms with Crippen LogP contribution in [-0.4, -0.2) is 29.3 Å². The second-order valence-electron chi connectivity index (χ2n) is 4.59. The molecule has 0 saturated carbocycles. The molecule has 6 heteroatoms. The van der Waals surface area contributed by atoms with E-state index in [2.05, 4.69) is 15.5 Å². The van der Waals surface area contributed by atoms with Crippen LogP contribution in [0.25, 0.3) is 0 Å². The van der Waals surface area contributed by atoms with Crippen LogP contribution in [0.2, 0.25) is 0 Å². The zero-order chi connectivity index (χ0) is 12.3. The Morgan fingerprint density at radius 3 is 2.44 bits per heavy atom. The number of carbonyl (C=O) groups is 1. The first-order valence-corrected chi connectivity index (χ1v) is 4.99. The highest BCUT2D eigenvalue weighted by Crippen LogP contribution is 2.23. The summed E-state index contributed by atoms with van der Waals surface area (Å²) in [6.07, 6.45) is 0. The third-order valence-electron chi connectivity index (χ3n) is 2.10. The van der Waals surface area contributed by atoms with E-state index in [4.69, 9.17) is 9.15 Å². The van der Waals surface area contributed by atoms with Crippen molar-refractivity contribution >= 4 is 12.0 Å². The van der Waals surface area contributed by atoms with Crippen molar-refractivity contribution in [2.45, 2.75) is 33.7 Å². The zero-order valence-corrected chi connectivity index (χ0v) is 10.2. The van der Waals surface area contributed by atoms with Crippen LogP contribution in [-0.2, 0) is 9.53 Å². The van der Waals surface area contributed by atoms with Crippen molar-refractivity contribution in [1.29, 1.82) is 0 Å². The Hall–Kier alpha value is -1.59. The molecule has 6 nitrogen and oxygen atoms in total. The third-order valence-corrected chi connectivity index (χ3v) is 2.10. The fraction of sp³-hybridized carbons (Fsp3) is 0.700. The van der Waals surface area contributed by atoms with Gasteiger partial charge in [0.25, 0.3) is 0 Å². The molecule has 0 spiro atoms. The first kappa shape index (κ1) is 12.5. The van der Waals surface area contributed by atoms with Gasteiger partial charge in [0.1, 0.15) is 6.04 Å². The fourth-order valence-corrected chi connectivity index (χ4v) is 1.23. The van der Waals surface area contributed by atoms with Crippen molar-refractivity contribution in [3.63, 3.8) is 0 Å². The summed E-state index contributed by atoms with van der Waals surface area (Å²) >= 11 is 0. The van der Waals surface area contributed by atoms with E-state index in [9.17, 15) is 4.79 Å². The Bertz CT molecular complexity index is 368. The van der Waals surface area contributed by atoms with Gasteiger partial charge in [-0.2, -0.15) is 0 Å². The van der Waals surface area contributed by atoms with Crippen molar-refractivity contribution in [3.8, 4) is 0 Å². The number of ether oxygens (including phenoxy) is 1. The van der Waals surface area contributed by atoms with Crippen LogP contribution < -0.4 is 5.32 Å². The summed E-state index contributed by atoms with van der Waals surface area (Å²) in [6.45, 7) is 7.45. The first-order chi connectivity index (χ1) is 7.34. The number of methoxy groups -OCH3 is 1. The molecule has 90 valence electrons. The lowest BCUT2D eigenvalue weighted by Gasteiger charge is -2.28. The van der Waals surface area contributed by atoms with Gasteiger partial charge in [-0.05, 0) is 5.41 Å². The van der Waals surface area contributed by atoms with Crippen molar-refractivity contribution in [3.05, 3.63) is 5.89 Å². The molecule has 0 aliphatic carbocycles. The Kier molecular flexibility index (Phi) is 3.51. The molecule has 0 saturated heterocycles. The molecule has 1 atom stereocenters. The smallest absolute Gasteiger partial charge is 0.328 e. The van der Waals surface area contributed by atoms with Gasteiger partial charge in [0.05, 0.1) is 7.11 Å². The number of carbonyl (C=O) groups excluding carboxylic acids is 1. The van der Waals surface area contributed by atoms with E-state index in [1.807, 2.05) is 20.8 Å². The quantitative estimate of drug-likeness (QED) is 0.786. The average Bonchev–Trinajstić information content (AvgIpc) is 2.57. The van der Waals surface area contributed by atoms with Crippen LogP contribution in [0.3, 0.4) is 0 Å². The topological polar surface area (TPSA) is 77.2 Å². The summed E-state index contributed by atoms with van der Waals surface area (Å²) in [6, 6.07) is -0.305. The van der Waals surface area contributed by atoms with Crippen LogP contribution in [0.5, 0.6) is 0 Å². The normalized spacial score (nSPS) is 13.3. The van der Waals surface area contributed by atoms with Crippen molar-refractivity contribution in [2.24, 2.45) is 5.41 Å². The Labute approximate surface area is 94.4 Å². The molecule has 0 radical (unpaired) electrons. The van der Waals surface area contributed by atoms with Crippen molar-refractivity contribution in [1.82, 2.24) is 10.2 Å². The molecule has 0 aliphatic rings. The highest BCUT2D eigenvalue weighted by Gasteiger charge is 2.33. The molecule has 0 aliphatic heterocycles. The van der Waals surface area contributed by atoms with Crippen LogP contribution >= 0.6 is 0 Å². The second kappa shape index (κ2) is 4.51. The Morgan fingerprint density at radius 2 is 2.06 bits per heavy atom. The molecule has 1 N–H and O–H groups in total. The number of hydrogen-bond acceptors (Lipinski definition) is 6. The maximum Gasteiger partial charge on any atom is 0.328 e. The van der Waals surface area contributed by atoms with Gasteiger partial charge < -0.3 is 14.5 Å². The lowest BCUT2D eigenvalue weighted by Crippen LogP contribution is -2.42. The van der Waals surface area contributed by atoms with Gasteiger partial charge in [0.2, 0.25) is 5.89 Å². The zero-order valence-electron chi connectivity index (χ0n) is 10.2. The molecular weight excluding hydrogens is 210 g/mol. The standard InChI is InChI=1S/C10H17N3O3/c1-6-12-13-9(16-6)11-7(8(14)15-5)10(2,3)4/h7H,1-5H3,(H,11,13)/t7-/m1/s1.